The second-order valence-corrected chi connectivity index (χ2v) is 3.58. The number of anilines is 1. The quantitative estimate of drug-likeness (QED) is 0.731. The van der Waals surface area contributed by atoms with Gasteiger partial charge in [-0.15, -0.1) is 10.2 Å². The van der Waals surface area contributed by atoms with Crippen molar-refractivity contribution in [3.8, 4) is 11.4 Å². The second kappa shape index (κ2) is 2.81. The molecule has 0 fully saturated rings. The van der Waals surface area contributed by atoms with Gasteiger partial charge < -0.3 is 10.3 Å². The Morgan fingerprint density at radius 3 is 2.77 bits per heavy atom. The highest BCUT2D eigenvalue weighted by Gasteiger charge is 2.14. The van der Waals surface area contributed by atoms with Crippen LogP contribution in [-0.2, 0) is 7.05 Å². The lowest BCUT2D eigenvalue weighted by Crippen LogP contribution is -1.94. The van der Waals surface area contributed by atoms with Gasteiger partial charge in [-0.3, -0.25) is 0 Å². The summed E-state index contributed by atoms with van der Waals surface area (Å²) < 4.78 is 5.98. The molecule has 0 aliphatic rings. The molecule has 13 heavy (non-hydrogen) atoms. The lowest BCUT2D eigenvalue weighted by Gasteiger charge is -1.98. The van der Waals surface area contributed by atoms with Crippen LogP contribution < -0.4 is 5.73 Å². The van der Waals surface area contributed by atoms with Gasteiger partial charge in [-0.05, 0) is 18.5 Å². The summed E-state index contributed by atoms with van der Waals surface area (Å²) >= 11 is 1.28. The Labute approximate surface area is 79.4 Å². The van der Waals surface area contributed by atoms with Gasteiger partial charge in [0.1, 0.15) is 11.3 Å². The van der Waals surface area contributed by atoms with Crippen LogP contribution in [0.15, 0.2) is 6.33 Å². The standard InChI is InChI=1S/C7H9N5S/c1-4-5(6(8)13-11-4)7-10-9-3-12(7)2/h3H,8H2,1-2H3. The highest BCUT2D eigenvalue weighted by atomic mass is 32.1. The summed E-state index contributed by atoms with van der Waals surface area (Å²) in [5.74, 6) is 0.767. The minimum absolute atomic E-state index is 0.689. The lowest BCUT2D eigenvalue weighted by atomic mass is 10.2. The highest BCUT2D eigenvalue weighted by molar-refractivity contribution is 7.10. The van der Waals surface area contributed by atoms with E-state index in [1.807, 2.05) is 18.5 Å². The van der Waals surface area contributed by atoms with Crippen molar-refractivity contribution in [1.82, 2.24) is 19.1 Å². The number of nitrogen functional groups attached to an aromatic ring is 1. The van der Waals surface area contributed by atoms with E-state index in [0.29, 0.717) is 5.00 Å². The number of aromatic nitrogens is 4. The van der Waals surface area contributed by atoms with E-state index < -0.39 is 0 Å². The van der Waals surface area contributed by atoms with Crippen molar-refractivity contribution >= 4 is 16.5 Å². The summed E-state index contributed by atoms with van der Waals surface area (Å²) in [6.45, 7) is 1.91. The van der Waals surface area contributed by atoms with Crippen LogP contribution in [0.2, 0.25) is 0 Å². The van der Waals surface area contributed by atoms with Crippen LogP contribution in [0.5, 0.6) is 0 Å². The Morgan fingerprint density at radius 1 is 1.54 bits per heavy atom. The predicted octanol–water partition coefficient (Wildman–Crippen LogP) is 0.829. The number of rotatable bonds is 1. The monoisotopic (exact) mass is 195 g/mol. The van der Waals surface area contributed by atoms with E-state index >= 15 is 0 Å². The molecule has 0 aromatic carbocycles. The maximum atomic E-state index is 5.78. The molecule has 0 saturated carbocycles. The highest BCUT2D eigenvalue weighted by Crippen LogP contribution is 2.29. The van der Waals surface area contributed by atoms with E-state index in [9.17, 15) is 0 Å². The zero-order chi connectivity index (χ0) is 9.42. The first kappa shape index (κ1) is 8.18. The van der Waals surface area contributed by atoms with Crippen molar-refractivity contribution < 1.29 is 0 Å². The maximum absolute atomic E-state index is 5.78. The molecule has 0 bridgehead atoms. The van der Waals surface area contributed by atoms with E-state index in [-0.39, 0.29) is 0 Å². The maximum Gasteiger partial charge on any atom is 0.168 e. The third-order valence-electron chi connectivity index (χ3n) is 1.82. The molecule has 2 aromatic rings. The summed E-state index contributed by atoms with van der Waals surface area (Å²) in [5, 5.41) is 8.46. The number of nitrogens with two attached hydrogens (primary N) is 1. The van der Waals surface area contributed by atoms with Gasteiger partial charge in [0.2, 0.25) is 0 Å². The Balaban J connectivity index is 2.64. The number of hydrogen-bond donors (Lipinski definition) is 1. The van der Waals surface area contributed by atoms with E-state index in [1.54, 1.807) is 6.33 Å². The molecule has 0 aliphatic heterocycles. The van der Waals surface area contributed by atoms with Gasteiger partial charge in [0, 0.05) is 7.05 Å². The minimum atomic E-state index is 0.689. The molecule has 6 heteroatoms. The zero-order valence-corrected chi connectivity index (χ0v) is 8.17. The Bertz CT molecular complexity index is 410. The van der Waals surface area contributed by atoms with Crippen LogP contribution in [0.3, 0.4) is 0 Å². The first-order valence-corrected chi connectivity index (χ1v) is 4.53. The van der Waals surface area contributed by atoms with Gasteiger partial charge in [-0.2, -0.15) is 4.37 Å². The third kappa shape index (κ3) is 1.19. The van der Waals surface area contributed by atoms with E-state index in [0.717, 1.165) is 17.1 Å². The predicted molar refractivity (Wildman–Crippen MR) is 51.3 cm³/mol. The number of nitrogens with zero attached hydrogens (tertiary/aromatic N) is 4. The zero-order valence-electron chi connectivity index (χ0n) is 7.35. The van der Waals surface area contributed by atoms with Crippen molar-refractivity contribution in [3.05, 3.63) is 12.0 Å². The van der Waals surface area contributed by atoms with E-state index in [4.69, 9.17) is 5.73 Å². The molecule has 68 valence electrons. The molecular formula is C7H9N5S. The first-order valence-electron chi connectivity index (χ1n) is 3.76. The SMILES string of the molecule is Cc1nsc(N)c1-c1nncn1C. The Kier molecular flexibility index (Phi) is 1.77. The molecule has 0 radical (unpaired) electrons. The molecule has 2 aromatic heterocycles. The van der Waals surface area contributed by atoms with Crippen LogP contribution in [0.1, 0.15) is 5.69 Å². The molecule has 0 amide bonds. The number of hydrogen-bond acceptors (Lipinski definition) is 5. The van der Waals surface area contributed by atoms with Crippen LogP contribution in [0, 0.1) is 6.92 Å². The fourth-order valence-corrected chi connectivity index (χ4v) is 1.83. The summed E-state index contributed by atoms with van der Waals surface area (Å²) in [4.78, 5) is 0. The fraction of sp³-hybridized carbons (Fsp3) is 0.286. The van der Waals surface area contributed by atoms with Crippen molar-refractivity contribution in [3.63, 3.8) is 0 Å². The molecule has 0 saturated heterocycles. The summed E-state index contributed by atoms with van der Waals surface area (Å²) in [5.41, 5.74) is 7.57. The van der Waals surface area contributed by atoms with Gasteiger partial charge in [-0.1, -0.05) is 0 Å². The molecule has 2 rings (SSSR count). The lowest BCUT2D eigenvalue weighted by molar-refractivity contribution is 0.919. The molecule has 2 N–H and O–H groups in total. The van der Waals surface area contributed by atoms with Crippen LogP contribution in [-0.4, -0.2) is 19.1 Å². The Hall–Kier alpha value is -1.43. The van der Waals surface area contributed by atoms with Crippen LogP contribution >= 0.6 is 11.5 Å². The van der Waals surface area contributed by atoms with Gasteiger partial charge >= 0.3 is 0 Å². The smallest absolute Gasteiger partial charge is 0.168 e. The van der Waals surface area contributed by atoms with Crippen molar-refractivity contribution in [2.75, 3.05) is 5.73 Å². The molecule has 0 aliphatic carbocycles. The number of aryl methyl sites for hydroxylation is 2. The van der Waals surface area contributed by atoms with Gasteiger partial charge in [0.25, 0.3) is 0 Å². The fourth-order valence-electron chi connectivity index (χ4n) is 1.17. The van der Waals surface area contributed by atoms with Gasteiger partial charge in [0.15, 0.2) is 5.82 Å². The van der Waals surface area contributed by atoms with Gasteiger partial charge in [0.05, 0.1) is 11.3 Å². The normalized spacial score (nSPS) is 10.6. The average Bonchev–Trinajstić information content (AvgIpc) is 2.60. The van der Waals surface area contributed by atoms with Crippen LogP contribution in [0.25, 0.3) is 11.4 Å². The molecule has 0 unspecified atom stereocenters. The summed E-state index contributed by atoms with van der Waals surface area (Å²) in [6, 6.07) is 0. The van der Waals surface area contributed by atoms with Crippen molar-refractivity contribution in [1.29, 1.82) is 0 Å². The molecule has 0 atom stereocenters. The van der Waals surface area contributed by atoms with E-state index in [1.165, 1.54) is 11.5 Å². The average molecular weight is 195 g/mol. The van der Waals surface area contributed by atoms with Crippen molar-refractivity contribution in [2.45, 2.75) is 6.92 Å². The van der Waals surface area contributed by atoms with Crippen molar-refractivity contribution in [2.24, 2.45) is 7.05 Å². The Morgan fingerprint density at radius 2 is 2.31 bits per heavy atom. The molecule has 0 spiro atoms. The largest absolute Gasteiger partial charge is 0.389 e. The summed E-state index contributed by atoms with van der Waals surface area (Å²) in [6.07, 6.45) is 1.64. The minimum Gasteiger partial charge on any atom is -0.389 e. The molecular weight excluding hydrogens is 186 g/mol. The molecule has 2 heterocycles. The summed E-state index contributed by atoms with van der Waals surface area (Å²) in [7, 11) is 1.88. The third-order valence-corrected chi connectivity index (χ3v) is 2.59. The first-order chi connectivity index (χ1) is 6.20. The molecule has 5 nitrogen and oxygen atoms in total. The topological polar surface area (TPSA) is 69.6 Å². The van der Waals surface area contributed by atoms with E-state index in [2.05, 4.69) is 14.6 Å². The van der Waals surface area contributed by atoms with Crippen LogP contribution in [0.4, 0.5) is 5.00 Å². The van der Waals surface area contributed by atoms with Gasteiger partial charge in [-0.25, -0.2) is 0 Å². The second-order valence-electron chi connectivity index (χ2n) is 2.77.